The largest absolute Gasteiger partial charge is 0.272 e. The Labute approximate surface area is 211 Å². The van der Waals surface area contributed by atoms with Gasteiger partial charge in [0.15, 0.2) is 0 Å². The lowest BCUT2D eigenvalue weighted by molar-refractivity contribution is -0.121. The van der Waals surface area contributed by atoms with Crippen LogP contribution >= 0.6 is 46.4 Å². The number of nitrogens with zero attached hydrogens (tertiary/aromatic N) is 2. The quantitative estimate of drug-likeness (QED) is 0.294. The summed E-state index contributed by atoms with van der Waals surface area (Å²) in [6, 6.07) is 17.3. The third kappa shape index (κ3) is 6.93. The Morgan fingerprint density at radius 2 is 1.55 bits per heavy atom. The van der Waals surface area contributed by atoms with Crippen molar-refractivity contribution >= 4 is 68.5 Å². The molecule has 0 aliphatic rings. The monoisotopic (exact) mass is 543 g/mol. The van der Waals surface area contributed by atoms with Gasteiger partial charge in [-0.25, -0.2) is 13.8 Å². The molecule has 0 aliphatic heterocycles. The van der Waals surface area contributed by atoms with Gasteiger partial charge in [-0.2, -0.15) is 9.41 Å². The lowest BCUT2D eigenvalue weighted by Crippen LogP contribution is -2.39. The van der Waals surface area contributed by atoms with Crippen molar-refractivity contribution in [1.29, 1.82) is 0 Å². The van der Waals surface area contributed by atoms with Gasteiger partial charge in [0.25, 0.3) is 5.91 Å². The molecule has 0 saturated carbocycles. The highest BCUT2D eigenvalue weighted by Gasteiger charge is 2.28. The predicted octanol–water partition coefficient (Wildman–Crippen LogP) is 5.64. The molecule has 0 radical (unpaired) electrons. The molecule has 0 unspecified atom stereocenters. The Morgan fingerprint density at radius 3 is 2.18 bits per heavy atom. The van der Waals surface area contributed by atoms with Crippen LogP contribution < -0.4 is 5.43 Å². The third-order valence-electron chi connectivity index (χ3n) is 4.42. The minimum Gasteiger partial charge on any atom is -0.272 e. The molecule has 33 heavy (non-hydrogen) atoms. The van der Waals surface area contributed by atoms with E-state index in [2.05, 4.69) is 10.5 Å². The molecule has 1 N–H and O–H groups in total. The Bertz CT molecular complexity index is 1260. The van der Waals surface area contributed by atoms with Crippen LogP contribution in [-0.2, 0) is 21.4 Å². The first-order valence-corrected chi connectivity index (χ1v) is 12.4. The summed E-state index contributed by atoms with van der Waals surface area (Å²) in [5.74, 6) is -0.658. The first-order chi connectivity index (χ1) is 15.7. The van der Waals surface area contributed by atoms with Crippen LogP contribution in [-0.4, -0.2) is 31.4 Å². The maximum Gasteiger partial charge on any atom is 0.255 e. The van der Waals surface area contributed by atoms with Gasteiger partial charge in [-0.15, -0.1) is 0 Å². The van der Waals surface area contributed by atoms with E-state index in [1.54, 1.807) is 42.5 Å². The molecule has 0 heterocycles. The van der Waals surface area contributed by atoms with Crippen molar-refractivity contribution in [3.63, 3.8) is 0 Å². The molecule has 6 nitrogen and oxygen atoms in total. The molecular formula is C22H17Cl4N3O3S. The standard InChI is InChI=1S/C22H17Cl4N3O3S/c23-16-7-9-18(10-8-16)33(31,32)29(13-19-20(25)5-2-6-21(19)26)14-22(30)28-27-12-15-3-1-4-17(24)11-15/h1-12H,13-14H2,(H,28,30)/b27-12-. The lowest BCUT2D eigenvalue weighted by Gasteiger charge is -2.22. The maximum atomic E-state index is 13.3. The van der Waals surface area contributed by atoms with E-state index in [0.717, 1.165) is 4.31 Å². The van der Waals surface area contributed by atoms with Gasteiger partial charge < -0.3 is 0 Å². The first kappa shape index (κ1) is 25.5. The van der Waals surface area contributed by atoms with Gasteiger partial charge in [0.1, 0.15) is 0 Å². The second-order valence-corrected chi connectivity index (χ2v) is 10.4. The fraction of sp³-hybridized carbons (Fsp3) is 0.0909. The molecule has 172 valence electrons. The summed E-state index contributed by atoms with van der Waals surface area (Å²) in [6.45, 7) is -0.756. The summed E-state index contributed by atoms with van der Waals surface area (Å²) in [5.41, 5.74) is 3.36. The van der Waals surface area contributed by atoms with Gasteiger partial charge in [0, 0.05) is 32.2 Å². The Morgan fingerprint density at radius 1 is 0.909 bits per heavy atom. The molecule has 3 rings (SSSR count). The number of hydrogen-bond donors (Lipinski definition) is 1. The van der Waals surface area contributed by atoms with Gasteiger partial charge in [-0.3, -0.25) is 4.79 Å². The van der Waals surface area contributed by atoms with Crippen molar-refractivity contribution in [1.82, 2.24) is 9.73 Å². The molecule has 1 amide bonds. The van der Waals surface area contributed by atoms with Gasteiger partial charge in [-0.1, -0.05) is 64.6 Å². The average molecular weight is 545 g/mol. The molecule has 3 aromatic carbocycles. The van der Waals surface area contributed by atoms with E-state index in [4.69, 9.17) is 46.4 Å². The van der Waals surface area contributed by atoms with Crippen molar-refractivity contribution in [3.8, 4) is 0 Å². The second-order valence-electron chi connectivity index (χ2n) is 6.78. The van der Waals surface area contributed by atoms with Crippen LogP contribution in [0.4, 0.5) is 0 Å². The fourth-order valence-electron chi connectivity index (χ4n) is 2.80. The molecule has 0 fully saturated rings. The van der Waals surface area contributed by atoms with Crippen molar-refractivity contribution in [3.05, 3.63) is 97.9 Å². The van der Waals surface area contributed by atoms with E-state index in [9.17, 15) is 13.2 Å². The fourth-order valence-corrected chi connectivity index (χ4v) is 5.01. The average Bonchev–Trinajstić information content (AvgIpc) is 2.76. The van der Waals surface area contributed by atoms with E-state index in [-0.39, 0.29) is 21.5 Å². The summed E-state index contributed by atoms with van der Waals surface area (Å²) in [5, 5.41) is 5.32. The number of carbonyl (C=O) groups is 1. The number of rotatable bonds is 8. The van der Waals surface area contributed by atoms with E-state index in [1.807, 2.05) is 0 Å². The van der Waals surface area contributed by atoms with Gasteiger partial charge in [0.05, 0.1) is 17.7 Å². The molecule has 11 heteroatoms. The van der Waals surface area contributed by atoms with Gasteiger partial charge in [-0.05, 0) is 54.1 Å². The number of benzene rings is 3. The summed E-state index contributed by atoms with van der Waals surface area (Å²) >= 11 is 24.3. The zero-order valence-electron chi connectivity index (χ0n) is 16.9. The number of halogens is 4. The van der Waals surface area contributed by atoms with Crippen LogP contribution in [0.3, 0.4) is 0 Å². The molecule has 0 saturated heterocycles. The summed E-state index contributed by atoms with van der Waals surface area (Å²) in [6.07, 6.45) is 1.40. The Kier molecular flexibility index (Phi) is 8.75. The second kappa shape index (κ2) is 11.3. The minimum atomic E-state index is -4.10. The van der Waals surface area contributed by atoms with E-state index in [0.29, 0.717) is 21.2 Å². The molecule has 0 spiro atoms. The molecule has 0 atom stereocenters. The molecular weight excluding hydrogens is 528 g/mol. The molecule has 0 aromatic heterocycles. The third-order valence-corrected chi connectivity index (χ3v) is 7.42. The lowest BCUT2D eigenvalue weighted by atomic mass is 10.2. The van der Waals surface area contributed by atoms with E-state index in [1.165, 1.54) is 30.5 Å². The van der Waals surface area contributed by atoms with Crippen molar-refractivity contribution < 1.29 is 13.2 Å². The summed E-state index contributed by atoms with van der Waals surface area (Å²) in [4.78, 5) is 12.5. The zero-order chi connectivity index (χ0) is 24.0. The highest BCUT2D eigenvalue weighted by Crippen LogP contribution is 2.28. The number of amides is 1. The maximum absolute atomic E-state index is 13.3. The topological polar surface area (TPSA) is 78.8 Å². The Hall–Kier alpha value is -2.13. The molecule has 0 bridgehead atoms. The van der Waals surface area contributed by atoms with E-state index >= 15 is 0 Å². The predicted molar refractivity (Wildman–Crippen MR) is 133 cm³/mol. The van der Waals surface area contributed by atoms with Crippen LogP contribution in [0.5, 0.6) is 0 Å². The number of carbonyl (C=O) groups excluding carboxylic acids is 1. The van der Waals surface area contributed by atoms with Gasteiger partial charge in [0.2, 0.25) is 10.0 Å². The SMILES string of the molecule is O=C(CN(Cc1c(Cl)cccc1Cl)S(=O)(=O)c1ccc(Cl)cc1)N/N=C\c1cccc(Cl)c1. The summed E-state index contributed by atoms with van der Waals surface area (Å²) in [7, 11) is -4.10. The molecule has 3 aromatic rings. The first-order valence-electron chi connectivity index (χ1n) is 9.43. The number of sulfonamides is 1. The number of nitrogens with one attached hydrogen (secondary N) is 1. The smallest absolute Gasteiger partial charge is 0.255 e. The normalized spacial score (nSPS) is 11.8. The van der Waals surface area contributed by atoms with Crippen LogP contribution in [0, 0.1) is 0 Å². The highest BCUT2D eigenvalue weighted by molar-refractivity contribution is 7.89. The summed E-state index contributed by atoms with van der Waals surface area (Å²) < 4.78 is 27.6. The van der Waals surface area contributed by atoms with Crippen LogP contribution in [0.25, 0.3) is 0 Å². The van der Waals surface area contributed by atoms with Crippen LogP contribution in [0.2, 0.25) is 20.1 Å². The highest BCUT2D eigenvalue weighted by atomic mass is 35.5. The van der Waals surface area contributed by atoms with E-state index < -0.39 is 22.5 Å². The minimum absolute atomic E-state index is 0.0368. The van der Waals surface area contributed by atoms with Crippen molar-refractivity contribution in [2.75, 3.05) is 6.54 Å². The van der Waals surface area contributed by atoms with Crippen LogP contribution in [0.15, 0.2) is 76.7 Å². The van der Waals surface area contributed by atoms with Crippen molar-refractivity contribution in [2.45, 2.75) is 11.4 Å². The molecule has 0 aliphatic carbocycles. The number of hydrogen-bond acceptors (Lipinski definition) is 4. The number of hydrazone groups is 1. The van der Waals surface area contributed by atoms with Crippen molar-refractivity contribution in [2.24, 2.45) is 5.10 Å². The van der Waals surface area contributed by atoms with Crippen LogP contribution in [0.1, 0.15) is 11.1 Å². The zero-order valence-corrected chi connectivity index (χ0v) is 20.7. The Balaban J connectivity index is 1.84. The van der Waals surface area contributed by atoms with Gasteiger partial charge >= 0.3 is 0 Å².